The first-order valence-electron chi connectivity index (χ1n) is 10.9. The van der Waals surface area contributed by atoms with Gasteiger partial charge < -0.3 is 14.6 Å². The van der Waals surface area contributed by atoms with Crippen molar-refractivity contribution in [3.05, 3.63) is 95.6 Å². The van der Waals surface area contributed by atoms with Crippen molar-refractivity contribution in [3.8, 4) is 11.5 Å². The van der Waals surface area contributed by atoms with Crippen LogP contribution in [0.4, 0.5) is 0 Å². The molecule has 1 amide bonds. The molecule has 0 atom stereocenters. The molecule has 3 aromatic carbocycles. The summed E-state index contributed by atoms with van der Waals surface area (Å²) in [6.07, 6.45) is 1.47. The molecule has 3 aromatic rings. The molecule has 0 heterocycles. The summed E-state index contributed by atoms with van der Waals surface area (Å²) in [5.41, 5.74) is 2.16. The van der Waals surface area contributed by atoms with Crippen LogP contribution in [0.1, 0.15) is 44.4 Å². The molecule has 172 valence electrons. The van der Waals surface area contributed by atoms with Crippen molar-refractivity contribution in [2.24, 2.45) is 5.10 Å². The molecule has 0 spiro atoms. The summed E-state index contributed by atoms with van der Waals surface area (Å²) in [4.78, 5) is 13.2. The van der Waals surface area contributed by atoms with Gasteiger partial charge in [-0.15, -0.1) is 0 Å². The van der Waals surface area contributed by atoms with Gasteiger partial charge >= 0.3 is 0 Å². The summed E-state index contributed by atoms with van der Waals surface area (Å²) < 4.78 is 11.6. The molecule has 6 heteroatoms. The largest absolute Gasteiger partial charge is 0.491 e. The van der Waals surface area contributed by atoms with Gasteiger partial charge in [0.2, 0.25) is 0 Å². The van der Waals surface area contributed by atoms with Gasteiger partial charge in [0.25, 0.3) is 5.91 Å². The van der Waals surface area contributed by atoms with Crippen molar-refractivity contribution in [2.75, 3.05) is 0 Å². The molecular weight excluding hydrogens is 416 g/mol. The maximum atomic E-state index is 13.2. The van der Waals surface area contributed by atoms with Crippen LogP contribution < -0.4 is 14.9 Å². The summed E-state index contributed by atoms with van der Waals surface area (Å²) in [7, 11) is 0. The minimum atomic E-state index is -1.90. The maximum Gasteiger partial charge on any atom is 0.281 e. The fourth-order valence-corrected chi connectivity index (χ4v) is 3.35. The third kappa shape index (κ3) is 5.99. The molecule has 0 aliphatic rings. The highest BCUT2D eigenvalue weighted by Gasteiger charge is 2.39. The molecule has 0 aliphatic heterocycles. The van der Waals surface area contributed by atoms with E-state index in [9.17, 15) is 9.90 Å². The second-order valence-corrected chi connectivity index (χ2v) is 8.17. The monoisotopic (exact) mass is 446 g/mol. The third-order valence-corrected chi connectivity index (χ3v) is 4.80. The summed E-state index contributed by atoms with van der Waals surface area (Å²) in [6.45, 7) is 7.76. The van der Waals surface area contributed by atoms with Gasteiger partial charge in [-0.25, -0.2) is 5.43 Å². The summed E-state index contributed by atoms with van der Waals surface area (Å²) >= 11 is 0. The normalized spacial score (nSPS) is 11.7. The second kappa shape index (κ2) is 10.8. The zero-order chi connectivity index (χ0) is 23.8. The van der Waals surface area contributed by atoms with E-state index in [-0.39, 0.29) is 12.2 Å². The van der Waals surface area contributed by atoms with E-state index < -0.39 is 11.5 Å². The van der Waals surface area contributed by atoms with Crippen molar-refractivity contribution < 1.29 is 19.4 Å². The highest BCUT2D eigenvalue weighted by Crippen LogP contribution is 2.30. The lowest BCUT2D eigenvalue weighted by Gasteiger charge is -2.27. The van der Waals surface area contributed by atoms with Crippen LogP contribution in [0.25, 0.3) is 0 Å². The number of amides is 1. The van der Waals surface area contributed by atoms with Crippen molar-refractivity contribution in [3.63, 3.8) is 0 Å². The Morgan fingerprint density at radius 3 is 1.94 bits per heavy atom. The number of hydrogen-bond acceptors (Lipinski definition) is 5. The topological polar surface area (TPSA) is 80.2 Å². The Hall–Kier alpha value is -3.64. The van der Waals surface area contributed by atoms with Gasteiger partial charge in [-0.1, -0.05) is 60.7 Å². The van der Waals surface area contributed by atoms with Gasteiger partial charge in [0.15, 0.2) is 5.60 Å². The molecular formula is C27H30N2O4. The molecule has 3 rings (SSSR count). The number of carbonyl (C=O) groups is 1. The van der Waals surface area contributed by atoms with Gasteiger partial charge in [-0.3, -0.25) is 4.79 Å². The van der Waals surface area contributed by atoms with Crippen LogP contribution in [0, 0.1) is 0 Å². The number of ether oxygens (including phenoxy) is 2. The highest BCUT2D eigenvalue weighted by molar-refractivity contribution is 5.91. The van der Waals surface area contributed by atoms with Gasteiger partial charge in [-0.05, 0) is 51.0 Å². The van der Waals surface area contributed by atoms with Crippen molar-refractivity contribution >= 4 is 12.1 Å². The fourth-order valence-electron chi connectivity index (χ4n) is 3.35. The molecule has 0 radical (unpaired) electrons. The van der Waals surface area contributed by atoms with E-state index in [2.05, 4.69) is 10.5 Å². The van der Waals surface area contributed by atoms with Gasteiger partial charge in [0, 0.05) is 11.6 Å². The van der Waals surface area contributed by atoms with Crippen LogP contribution in [0.3, 0.4) is 0 Å². The van der Waals surface area contributed by atoms with E-state index in [0.29, 0.717) is 28.2 Å². The summed E-state index contributed by atoms with van der Waals surface area (Å²) in [6, 6.07) is 23.0. The van der Waals surface area contributed by atoms with Gasteiger partial charge in [-0.2, -0.15) is 5.10 Å². The standard InChI is InChI=1S/C27H30N2O4/c1-19(2)32-24-16-15-21(25(17-24)33-20(3)4)18-28-29-26(30)27(31,22-11-7-5-8-12-22)23-13-9-6-10-14-23/h5-20,31H,1-4H3,(H,29,30)/b28-18-. The van der Waals surface area contributed by atoms with Gasteiger partial charge in [0.1, 0.15) is 11.5 Å². The Morgan fingerprint density at radius 2 is 1.42 bits per heavy atom. The van der Waals surface area contributed by atoms with E-state index in [4.69, 9.17) is 9.47 Å². The lowest BCUT2D eigenvalue weighted by molar-refractivity contribution is -0.136. The number of benzene rings is 3. The summed E-state index contributed by atoms with van der Waals surface area (Å²) in [5, 5.41) is 15.6. The predicted octanol–water partition coefficient (Wildman–Crippen LogP) is 4.65. The van der Waals surface area contributed by atoms with Gasteiger partial charge in [0.05, 0.1) is 18.4 Å². The highest BCUT2D eigenvalue weighted by atomic mass is 16.5. The van der Waals surface area contributed by atoms with E-state index >= 15 is 0 Å². The van der Waals surface area contributed by atoms with E-state index in [0.717, 1.165) is 0 Å². The Kier molecular flexibility index (Phi) is 7.85. The zero-order valence-electron chi connectivity index (χ0n) is 19.4. The first kappa shape index (κ1) is 24.0. The molecule has 0 saturated carbocycles. The van der Waals surface area contributed by atoms with Crippen LogP contribution in [0.15, 0.2) is 84.0 Å². The molecule has 6 nitrogen and oxygen atoms in total. The molecule has 0 fully saturated rings. The Labute approximate surface area is 194 Å². The molecule has 0 unspecified atom stereocenters. The first-order chi connectivity index (χ1) is 15.8. The van der Waals surface area contributed by atoms with Crippen LogP contribution in [-0.2, 0) is 10.4 Å². The molecule has 0 aliphatic carbocycles. The zero-order valence-corrected chi connectivity index (χ0v) is 19.4. The average molecular weight is 447 g/mol. The predicted molar refractivity (Wildman–Crippen MR) is 130 cm³/mol. The van der Waals surface area contributed by atoms with Crippen LogP contribution in [0.5, 0.6) is 11.5 Å². The average Bonchev–Trinajstić information content (AvgIpc) is 2.80. The van der Waals surface area contributed by atoms with Crippen molar-refractivity contribution in [1.29, 1.82) is 0 Å². The molecule has 0 saturated heterocycles. The molecule has 33 heavy (non-hydrogen) atoms. The molecule has 0 aromatic heterocycles. The number of hydrazone groups is 1. The SMILES string of the molecule is CC(C)Oc1ccc(/C=N\NC(=O)C(O)(c2ccccc2)c2ccccc2)c(OC(C)C)c1. The lowest BCUT2D eigenvalue weighted by atomic mass is 9.85. The molecule has 2 N–H and O–H groups in total. The smallest absolute Gasteiger partial charge is 0.281 e. The summed E-state index contributed by atoms with van der Waals surface area (Å²) in [5.74, 6) is 0.606. The lowest BCUT2D eigenvalue weighted by Crippen LogP contribution is -2.43. The minimum Gasteiger partial charge on any atom is -0.491 e. The van der Waals surface area contributed by atoms with Crippen LogP contribution >= 0.6 is 0 Å². The fraction of sp³-hybridized carbons (Fsp3) is 0.259. The number of aliphatic hydroxyl groups is 1. The van der Waals surface area contributed by atoms with E-state index in [1.807, 2.05) is 52.0 Å². The van der Waals surface area contributed by atoms with Crippen molar-refractivity contribution in [1.82, 2.24) is 5.43 Å². The van der Waals surface area contributed by atoms with E-state index in [1.54, 1.807) is 54.6 Å². The Morgan fingerprint density at radius 1 is 0.879 bits per heavy atom. The van der Waals surface area contributed by atoms with Crippen LogP contribution in [0.2, 0.25) is 0 Å². The number of nitrogens with one attached hydrogen (secondary N) is 1. The quantitative estimate of drug-likeness (QED) is 0.370. The number of carbonyl (C=O) groups excluding carboxylic acids is 1. The number of nitrogens with zero attached hydrogens (tertiary/aromatic N) is 1. The van der Waals surface area contributed by atoms with Crippen LogP contribution in [-0.4, -0.2) is 29.4 Å². The minimum absolute atomic E-state index is 0.0318. The number of rotatable bonds is 9. The van der Waals surface area contributed by atoms with E-state index in [1.165, 1.54) is 6.21 Å². The van der Waals surface area contributed by atoms with Crippen molar-refractivity contribution in [2.45, 2.75) is 45.5 Å². The molecule has 0 bridgehead atoms. The Balaban J connectivity index is 1.87. The maximum absolute atomic E-state index is 13.2. The number of hydrogen-bond donors (Lipinski definition) is 2. The Bertz CT molecular complexity index is 1040. The second-order valence-electron chi connectivity index (χ2n) is 8.17. The third-order valence-electron chi connectivity index (χ3n) is 4.80. The first-order valence-corrected chi connectivity index (χ1v) is 10.9.